The molecule has 2 heterocycles. The lowest BCUT2D eigenvalue weighted by molar-refractivity contribution is -0.382. The summed E-state index contributed by atoms with van der Waals surface area (Å²) in [5, 5.41) is 13.0. The Bertz CT molecular complexity index is 1100. The third kappa shape index (κ3) is 5.16. The minimum Gasteiger partial charge on any atom is -0.347 e. The fourth-order valence-electron chi connectivity index (χ4n) is 3.33. The molecule has 3 aromatic rings. The van der Waals surface area contributed by atoms with Gasteiger partial charge in [0, 0.05) is 17.2 Å². The first-order valence-electron chi connectivity index (χ1n) is 9.42. The number of nitro groups is 1. The second-order valence-electron chi connectivity index (χ2n) is 7.85. The molecule has 29 heavy (non-hydrogen) atoms. The van der Waals surface area contributed by atoms with Crippen LogP contribution >= 0.6 is 15.9 Å². The maximum atomic E-state index is 12.7. The van der Waals surface area contributed by atoms with Crippen molar-refractivity contribution in [2.24, 2.45) is 0 Å². The molecule has 1 aromatic carbocycles. The number of hydrogen-bond donors (Lipinski definition) is 2. The van der Waals surface area contributed by atoms with Gasteiger partial charge in [0.15, 0.2) is 5.69 Å². The lowest BCUT2D eigenvalue weighted by Gasteiger charge is -2.18. The van der Waals surface area contributed by atoms with Crippen molar-refractivity contribution in [1.82, 2.24) is 15.0 Å². The molecule has 2 radical (unpaired) electrons. The predicted octanol–water partition coefficient (Wildman–Crippen LogP) is 4.45. The summed E-state index contributed by atoms with van der Waals surface area (Å²) in [6.07, 6.45) is 4.96. The van der Waals surface area contributed by atoms with Gasteiger partial charge < -0.3 is 9.97 Å². The van der Waals surface area contributed by atoms with Gasteiger partial charge in [0.2, 0.25) is 0 Å². The smallest absolute Gasteiger partial charge is 0.304 e. The minimum absolute atomic E-state index is 0.0325. The number of rotatable bonds is 8. The second kappa shape index (κ2) is 8.82. The first-order chi connectivity index (χ1) is 13.7. The van der Waals surface area contributed by atoms with E-state index in [2.05, 4.69) is 61.0 Å². The lowest BCUT2D eigenvalue weighted by atomic mass is 10.0. The number of nitrogens with zero attached hydrogens (tertiary/aromatic N) is 2. The highest BCUT2D eigenvalue weighted by Crippen LogP contribution is 2.35. The molecular formula is C20H22AlBrN4O3. The zero-order valence-corrected chi connectivity index (χ0v) is 19.2. The highest BCUT2D eigenvalue weighted by atomic mass is 79.9. The fraction of sp³-hybridized carbons (Fsp3) is 0.400. The highest BCUT2D eigenvalue weighted by molar-refractivity contribution is 9.09. The number of fused-ring (bicyclic) bond motifs is 1. The van der Waals surface area contributed by atoms with Gasteiger partial charge in [0.25, 0.3) is 5.56 Å². The molecule has 2 N–H and O–H groups in total. The van der Waals surface area contributed by atoms with Crippen LogP contribution in [-0.4, -0.2) is 41.5 Å². The monoisotopic (exact) mass is 472 g/mol. The SMILES string of the molecule is C[C](C)([Al])CCCc1cnc(-c2[nH]c3ccc(CCBr)cc3c2[N+](=O)[O-])c(=O)[nH]1. The minimum atomic E-state index is -0.456. The van der Waals surface area contributed by atoms with Crippen molar-refractivity contribution < 1.29 is 4.92 Å². The van der Waals surface area contributed by atoms with Crippen LogP contribution in [0.1, 0.15) is 37.9 Å². The first-order valence-corrected chi connectivity index (χ1v) is 11.1. The molecule has 0 saturated heterocycles. The third-order valence-corrected chi connectivity index (χ3v) is 5.43. The number of H-pyrrole nitrogens is 2. The Labute approximate surface area is 185 Å². The van der Waals surface area contributed by atoms with E-state index < -0.39 is 10.5 Å². The molecule has 2 aromatic heterocycles. The van der Waals surface area contributed by atoms with Crippen LogP contribution in [0.4, 0.5) is 5.69 Å². The number of aromatic amines is 2. The van der Waals surface area contributed by atoms with Crippen molar-refractivity contribution >= 4 is 48.8 Å². The summed E-state index contributed by atoms with van der Waals surface area (Å²) >= 11 is 6.20. The zero-order valence-electron chi connectivity index (χ0n) is 16.4. The standard InChI is InChI=1S/C20H22BrN4O3.Al/c1-12(2)4-3-5-14-11-22-18(20(26)23-14)17-19(25(27)28)15-10-13(8-9-21)6-7-16(15)24-17;/h6-7,10-11,24H,3-5,8-9H2,1-2H3,(H,23,26);. The molecule has 0 aliphatic heterocycles. The summed E-state index contributed by atoms with van der Waals surface area (Å²) in [6, 6.07) is 5.51. The van der Waals surface area contributed by atoms with Crippen molar-refractivity contribution in [2.45, 2.75) is 43.8 Å². The summed E-state index contributed by atoms with van der Waals surface area (Å²) in [5.74, 6) is 0. The Morgan fingerprint density at radius 2 is 2.03 bits per heavy atom. The Morgan fingerprint density at radius 1 is 1.28 bits per heavy atom. The van der Waals surface area contributed by atoms with E-state index in [0.717, 1.165) is 35.8 Å². The van der Waals surface area contributed by atoms with Gasteiger partial charge in [-0.15, -0.1) is 4.28 Å². The molecule has 0 aliphatic rings. The van der Waals surface area contributed by atoms with Crippen LogP contribution in [0, 0.1) is 10.1 Å². The lowest BCUT2D eigenvalue weighted by Crippen LogP contribution is -2.15. The van der Waals surface area contributed by atoms with Gasteiger partial charge in [0.1, 0.15) is 22.0 Å². The largest absolute Gasteiger partial charge is 0.347 e. The van der Waals surface area contributed by atoms with Gasteiger partial charge in [-0.25, -0.2) is 4.98 Å². The molecule has 0 unspecified atom stereocenters. The average Bonchev–Trinajstić information content (AvgIpc) is 2.99. The number of aryl methyl sites for hydroxylation is 2. The first kappa shape index (κ1) is 21.8. The Balaban J connectivity index is 1.98. The van der Waals surface area contributed by atoms with E-state index in [-0.39, 0.29) is 21.4 Å². The molecule has 0 fully saturated rings. The van der Waals surface area contributed by atoms with Crippen LogP contribution in [-0.2, 0) is 12.8 Å². The molecule has 0 amide bonds. The molecule has 150 valence electrons. The molecule has 0 aliphatic carbocycles. The fourth-order valence-corrected chi connectivity index (χ4v) is 3.99. The number of halogens is 1. The third-order valence-electron chi connectivity index (χ3n) is 4.74. The van der Waals surface area contributed by atoms with E-state index in [1.807, 2.05) is 6.07 Å². The van der Waals surface area contributed by atoms with Crippen LogP contribution in [0.3, 0.4) is 0 Å². The van der Waals surface area contributed by atoms with Gasteiger partial charge in [0.05, 0.1) is 15.8 Å². The van der Waals surface area contributed by atoms with E-state index >= 15 is 0 Å². The van der Waals surface area contributed by atoms with E-state index in [1.54, 1.807) is 18.3 Å². The van der Waals surface area contributed by atoms with Crippen LogP contribution in [0.5, 0.6) is 0 Å². The van der Waals surface area contributed by atoms with E-state index in [9.17, 15) is 14.9 Å². The van der Waals surface area contributed by atoms with E-state index in [0.29, 0.717) is 17.3 Å². The van der Waals surface area contributed by atoms with Crippen LogP contribution in [0.15, 0.2) is 29.2 Å². The average molecular weight is 473 g/mol. The Morgan fingerprint density at radius 3 is 2.66 bits per heavy atom. The van der Waals surface area contributed by atoms with Gasteiger partial charge in [-0.3, -0.25) is 14.9 Å². The van der Waals surface area contributed by atoms with Gasteiger partial charge in [-0.2, -0.15) is 0 Å². The number of aromatic nitrogens is 3. The summed E-state index contributed by atoms with van der Waals surface area (Å²) in [7, 11) is 0. The van der Waals surface area contributed by atoms with Crippen LogP contribution in [0.25, 0.3) is 22.3 Å². The quantitative estimate of drug-likeness (QED) is 0.218. The number of hydrogen-bond acceptors (Lipinski definition) is 4. The highest BCUT2D eigenvalue weighted by Gasteiger charge is 2.26. The summed E-state index contributed by atoms with van der Waals surface area (Å²) in [4.78, 5) is 34.1. The molecular weight excluding hydrogens is 451 g/mol. The van der Waals surface area contributed by atoms with Crippen molar-refractivity contribution in [3.05, 3.63) is 56.1 Å². The zero-order chi connectivity index (χ0) is 21.2. The second-order valence-corrected chi connectivity index (χ2v) is 10.2. The molecule has 7 nitrogen and oxygen atoms in total. The Hall–Kier alpha value is -1.95. The summed E-state index contributed by atoms with van der Waals surface area (Å²) < 4.78 is 0.145. The van der Waals surface area contributed by atoms with Gasteiger partial charge >= 0.3 is 5.69 Å². The molecule has 9 heteroatoms. The summed E-state index contributed by atoms with van der Waals surface area (Å²) in [6.45, 7) is 4.28. The normalized spacial score (nSPS) is 11.8. The van der Waals surface area contributed by atoms with Gasteiger partial charge in [-0.1, -0.05) is 42.3 Å². The summed E-state index contributed by atoms with van der Waals surface area (Å²) in [5.41, 5.74) is 1.95. The van der Waals surface area contributed by atoms with E-state index in [4.69, 9.17) is 0 Å². The van der Waals surface area contributed by atoms with Crippen LogP contribution < -0.4 is 5.56 Å². The molecule has 0 bridgehead atoms. The topological polar surface area (TPSA) is 105 Å². The van der Waals surface area contributed by atoms with E-state index in [1.165, 1.54) is 0 Å². The number of alkyl halides is 1. The molecule has 3 rings (SSSR count). The van der Waals surface area contributed by atoms with Crippen molar-refractivity contribution in [3.8, 4) is 11.4 Å². The predicted molar refractivity (Wildman–Crippen MR) is 119 cm³/mol. The van der Waals surface area contributed by atoms with Crippen LogP contribution in [0.2, 0.25) is 4.28 Å². The molecule has 0 spiro atoms. The molecule has 0 atom stereocenters. The van der Waals surface area contributed by atoms with Crippen molar-refractivity contribution in [1.29, 1.82) is 0 Å². The number of benzene rings is 1. The number of nitrogens with one attached hydrogen (secondary N) is 2. The van der Waals surface area contributed by atoms with Crippen molar-refractivity contribution in [3.63, 3.8) is 0 Å². The maximum absolute atomic E-state index is 12.7. The Kier molecular flexibility index (Phi) is 6.62. The van der Waals surface area contributed by atoms with Gasteiger partial charge in [-0.05, 0) is 37.0 Å². The maximum Gasteiger partial charge on any atom is 0.304 e. The van der Waals surface area contributed by atoms with Crippen molar-refractivity contribution in [2.75, 3.05) is 5.33 Å². The molecule has 0 saturated carbocycles.